The molecular formula is C23H27N7O3. The van der Waals surface area contributed by atoms with Crippen LogP contribution >= 0.6 is 0 Å². The maximum absolute atomic E-state index is 12.8. The number of nitrogens with two attached hydrogens (primary N) is 1. The van der Waals surface area contributed by atoms with Crippen LogP contribution < -0.4 is 20.7 Å². The summed E-state index contributed by atoms with van der Waals surface area (Å²) >= 11 is 0. The molecule has 0 spiro atoms. The molecule has 0 radical (unpaired) electrons. The van der Waals surface area contributed by atoms with Crippen molar-refractivity contribution in [2.24, 2.45) is 15.8 Å². The van der Waals surface area contributed by atoms with Gasteiger partial charge in [-0.2, -0.15) is 5.10 Å². The van der Waals surface area contributed by atoms with Crippen molar-refractivity contribution in [1.82, 2.24) is 10.3 Å². The van der Waals surface area contributed by atoms with Crippen molar-refractivity contribution >= 4 is 35.8 Å². The van der Waals surface area contributed by atoms with E-state index in [4.69, 9.17) is 15.9 Å². The summed E-state index contributed by atoms with van der Waals surface area (Å²) in [6, 6.07) is 5.45. The number of benzene rings is 1. The molecule has 0 saturated heterocycles. The topological polar surface area (TPSA) is 136 Å². The standard InChI is InChI=1S/C23H27N7O3/c1-5-14(3)12-29-17-9-15(7-8-19(17)33-13-21(29)31)11-27-23(32)16-10-18(22(24)25)30(26-4)20(6-2)28-16/h5-10H,4,11-13H2,1-3H3,(H3,24,25)(H,27,32)/b14-5+,20-6-. The van der Waals surface area contributed by atoms with Gasteiger partial charge in [0.2, 0.25) is 0 Å². The Morgan fingerprint density at radius 1 is 1.42 bits per heavy atom. The van der Waals surface area contributed by atoms with Gasteiger partial charge in [-0.1, -0.05) is 17.7 Å². The number of hydrazone groups is 1. The van der Waals surface area contributed by atoms with Crippen LogP contribution in [-0.2, 0) is 16.1 Å². The smallest absolute Gasteiger partial charge is 0.270 e. The summed E-state index contributed by atoms with van der Waals surface area (Å²) in [5, 5.41) is 15.7. The van der Waals surface area contributed by atoms with E-state index >= 15 is 0 Å². The number of ether oxygens (including phenoxy) is 1. The van der Waals surface area contributed by atoms with Crippen molar-refractivity contribution in [2.45, 2.75) is 27.3 Å². The fourth-order valence-electron chi connectivity index (χ4n) is 3.31. The molecule has 0 saturated carbocycles. The van der Waals surface area contributed by atoms with Gasteiger partial charge in [0.1, 0.15) is 23.0 Å². The van der Waals surface area contributed by atoms with E-state index in [1.807, 2.05) is 32.1 Å². The lowest BCUT2D eigenvalue weighted by Crippen LogP contribution is -2.40. The van der Waals surface area contributed by atoms with Crippen molar-refractivity contribution < 1.29 is 14.3 Å². The van der Waals surface area contributed by atoms with Gasteiger partial charge in [-0.05, 0) is 50.6 Å². The van der Waals surface area contributed by atoms with Gasteiger partial charge in [0, 0.05) is 19.8 Å². The predicted molar refractivity (Wildman–Crippen MR) is 128 cm³/mol. The van der Waals surface area contributed by atoms with Crippen molar-refractivity contribution in [1.29, 1.82) is 5.41 Å². The molecule has 2 aliphatic rings. The van der Waals surface area contributed by atoms with E-state index in [2.05, 4.69) is 22.1 Å². The highest BCUT2D eigenvalue weighted by Crippen LogP contribution is 2.33. The molecule has 2 amide bonds. The number of anilines is 1. The van der Waals surface area contributed by atoms with E-state index in [1.54, 1.807) is 24.0 Å². The number of amides is 2. The van der Waals surface area contributed by atoms with Gasteiger partial charge in [0.05, 0.1) is 5.69 Å². The number of amidine groups is 1. The molecule has 1 aromatic carbocycles. The molecule has 0 atom stereocenters. The predicted octanol–water partition coefficient (Wildman–Crippen LogP) is 2.05. The highest BCUT2D eigenvalue weighted by atomic mass is 16.5. The summed E-state index contributed by atoms with van der Waals surface area (Å²) in [7, 11) is 0. The Hall–Kier alpha value is -4.21. The minimum atomic E-state index is -0.441. The van der Waals surface area contributed by atoms with Gasteiger partial charge in [0.15, 0.2) is 12.4 Å². The average molecular weight is 450 g/mol. The second kappa shape index (κ2) is 9.94. The van der Waals surface area contributed by atoms with Gasteiger partial charge in [0.25, 0.3) is 11.8 Å². The summed E-state index contributed by atoms with van der Waals surface area (Å²) < 4.78 is 5.55. The number of rotatable bonds is 7. The first-order valence-corrected chi connectivity index (χ1v) is 10.3. The molecule has 0 aliphatic carbocycles. The molecule has 2 heterocycles. The second-order valence-corrected chi connectivity index (χ2v) is 7.43. The zero-order valence-corrected chi connectivity index (χ0v) is 18.9. The van der Waals surface area contributed by atoms with E-state index in [0.717, 1.165) is 11.1 Å². The van der Waals surface area contributed by atoms with Crippen LogP contribution in [0.1, 0.15) is 26.3 Å². The van der Waals surface area contributed by atoms with Gasteiger partial charge in [-0.25, -0.2) is 10.0 Å². The van der Waals surface area contributed by atoms with Crippen LogP contribution in [0.2, 0.25) is 0 Å². The zero-order valence-electron chi connectivity index (χ0n) is 18.9. The average Bonchev–Trinajstić information content (AvgIpc) is 2.82. The lowest BCUT2D eigenvalue weighted by Gasteiger charge is -2.30. The number of carbonyl (C=O) groups is 2. The van der Waals surface area contributed by atoms with Crippen LogP contribution in [0.3, 0.4) is 0 Å². The Morgan fingerprint density at radius 2 is 2.18 bits per heavy atom. The van der Waals surface area contributed by atoms with Crippen molar-refractivity contribution in [3.8, 4) is 5.75 Å². The molecular weight excluding hydrogens is 422 g/mol. The number of nitrogens with zero attached hydrogens (tertiary/aromatic N) is 4. The summed E-state index contributed by atoms with van der Waals surface area (Å²) in [5.41, 5.74) is 8.44. The molecule has 2 aliphatic heterocycles. The molecule has 10 heteroatoms. The molecule has 0 bridgehead atoms. The third-order valence-electron chi connectivity index (χ3n) is 5.18. The highest BCUT2D eigenvalue weighted by Gasteiger charge is 2.27. The largest absolute Gasteiger partial charge is 0.482 e. The Bertz CT molecular complexity index is 1130. The van der Waals surface area contributed by atoms with Crippen LogP contribution in [0.25, 0.3) is 0 Å². The maximum Gasteiger partial charge on any atom is 0.270 e. The summed E-state index contributed by atoms with van der Waals surface area (Å²) in [6.45, 7) is 9.74. The summed E-state index contributed by atoms with van der Waals surface area (Å²) in [6.07, 6.45) is 4.99. The van der Waals surface area contributed by atoms with Crippen LogP contribution in [-0.4, -0.2) is 48.2 Å². The molecule has 172 valence electrons. The monoisotopic (exact) mass is 449 g/mol. The molecule has 0 fully saturated rings. The quantitative estimate of drug-likeness (QED) is 0.332. The second-order valence-electron chi connectivity index (χ2n) is 7.43. The zero-order chi connectivity index (χ0) is 24.1. The Morgan fingerprint density at radius 3 is 2.82 bits per heavy atom. The van der Waals surface area contributed by atoms with E-state index in [9.17, 15) is 9.59 Å². The number of hydrogen-bond acceptors (Lipinski definition) is 7. The van der Waals surface area contributed by atoms with E-state index < -0.39 is 5.91 Å². The van der Waals surface area contributed by atoms with E-state index in [0.29, 0.717) is 23.8 Å². The summed E-state index contributed by atoms with van der Waals surface area (Å²) in [5.74, 6) is 0.125. The number of nitrogens with one attached hydrogen (secondary N) is 2. The van der Waals surface area contributed by atoms with Crippen molar-refractivity contribution in [3.05, 3.63) is 59.1 Å². The summed E-state index contributed by atoms with van der Waals surface area (Å²) in [4.78, 5) is 31.2. The fourth-order valence-corrected chi connectivity index (χ4v) is 3.31. The highest BCUT2D eigenvalue weighted by molar-refractivity contribution is 6.44. The number of allylic oxidation sites excluding steroid dienone is 2. The normalized spacial score (nSPS) is 17.1. The van der Waals surface area contributed by atoms with Crippen LogP contribution in [0.15, 0.2) is 63.6 Å². The number of carbonyl (C=O) groups excluding carboxylic acids is 2. The molecule has 10 nitrogen and oxygen atoms in total. The first-order valence-electron chi connectivity index (χ1n) is 10.3. The number of aliphatic imine (C=N–C) groups is 1. The molecule has 1 aromatic rings. The Kier molecular flexibility index (Phi) is 7.07. The first kappa shape index (κ1) is 23.5. The van der Waals surface area contributed by atoms with Crippen molar-refractivity contribution in [3.63, 3.8) is 0 Å². The fraction of sp³-hybridized carbons (Fsp3) is 0.261. The minimum absolute atomic E-state index is 0.00538. The molecule has 4 N–H and O–H groups in total. The molecule has 33 heavy (non-hydrogen) atoms. The van der Waals surface area contributed by atoms with Crippen LogP contribution in [0.5, 0.6) is 5.75 Å². The Balaban J connectivity index is 1.80. The van der Waals surface area contributed by atoms with E-state index in [1.165, 1.54) is 11.1 Å². The van der Waals surface area contributed by atoms with Crippen LogP contribution in [0, 0.1) is 5.41 Å². The Labute approximate surface area is 192 Å². The lowest BCUT2D eigenvalue weighted by atomic mass is 10.1. The minimum Gasteiger partial charge on any atom is -0.482 e. The third-order valence-corrected chi connectivity index (χ3v) is 5.18. The maximum atomic E-state index is 12.8. The number of hydrogen-bond donors (Lipinski definition) is 3. The van der Waals surface area contributed by atoms with Gasteiger partial charge in [-0.3, -0.25) is 15.0 Å². The molecule has 0 aromatic heterocycles. The SMILES string of the molecule is C=NN1C(C(=N)N)=CC(C(=O)NCc2ccc3c(c2)N(C/C(C)=C/C)C(=O)CO3)=N/C1=C/C. The first-order chi connectivity index (χ1) is 15.8. The van der Waals surface area contributed by atoms with Crippen molar-refractivity contribution in [2.75, 3.05) is 18.1 Å². The van der Waals surface area contributed by atoms with Gasteiger partial charge >= 0.3 is 0 Å². The van der Waals surface area contributed by atoms with Gasteiger partial charge in [-0.15, -0.1) is 0 Å². The molecule has 0 unspecified atom stereocenters. The van der Waals surface area contributed by atoms with E-state index in [-0.39, 0.29) is 36.3 Å². The van der Waals surface area contributed by atoms with Gasteiger partial charge < -0.3 is 20.7 Å². The van der Waals surface area contributed by atoms with Crippen LogP contribution in [0.4, 0.5) is 5.69 Å². The third kappa shape index (κ3) is 5.00. The number of fused-ring (bicyclic) bond motifs is 1. The molecule has 3 rings (SSSR count). The lowest BCUT2D eigenvalue weighted by molar-refractivity contribution is -0.121.